The lowest BCUT2D eigenvalue weighted by Crippen LogP contribution is -2.23. The van der Waals surface area contributed by atoms with E-state index >= 15 is 0 Å². The van der Waals surface area contributed by atoms with Crippen LogP contribution in [0.1, 0.15) is 46.2 Å². The topological polar surface area (TPSA) is 65.0 Å². The second-order valence-electron chi connectivity index (χ2n) is 7.76. The van der Waals surface area contributed by atoms with Gasteiger partial charge in [0.25, 0.3) is 0 Å². The number of esters is 1. The number of aliphatic hydroxyl groups excluding tert-OH is 1. The van der Waals surface area contributed by atoms with Crippen molar-refractivity contribution in [2.75, 3.05) is 14.2 Å². The van der Waals surface area contributed by atoms with Crippen LogP contribution in [0.5, 0.6) is 11.5 Å². The highest BCUT2D eigenvalue weighted by molar-refractivity contribution is 5.90. The zero-order chi connectivity index (χ0) is 24.9. The van der Waals surface area contributed by atoms with Crippen LogP contribution >= 0.6 is 0 Å². The molecule has 0 radical (unpaired) electrons. The summed E-state index contributed by atoms with van der Waals surface area (Å²) in [5.74, 6) is -0.349. The highest BCUT2D eigenvalue weighted by atomic mass is 19.4. The number of hydrogen-bond donors (Lipinski definition) is 1. The molecule has 180 valence electrons. The number of benzene rings is 3. The zero-order valence-corrected chi connectivity index (χ0v) is 18.9. The lowest BCUT2D eigenvalue weighted by molar-refractivity contribution is -0.137. The van der Waals surface area contributed by atoms with Crippen LogP contribution in [-0.2, 0) is 10.9 Å². The highest BCUT2D eigenvalue weighted by Gasteiger charge is 2.33. The van der Waals surface area contributed by atoms with Gasteiger partial charge in [-0.05, 0) is 53.6 Å². The number of hydrogen-bond acceptors (Lipinski definition) is 5. The lowest BCUT2D eigenvalue weighted by Gasteiger charge is -2.29. The number of carbonyl (C=O) groups is 1. The Bertz CT molecular complexity index is 1110. The highest BCUT2D eigenvalue weighted by Crippen LogP contribution is 2.38. The average molecular weight is 474 g/mol. The Morgan fingerprint density at radius 2 is 1.44 bits per heavy atom. The summed E-state index contributed by atoms with van der Waals surface area (Å²) in [6.45, 7) is 1.66. The van der Waals surface area contributed by atoms with Crippen molar-refractivity contribution in [2.45, 2.75) is 25.3 Å². The Hall–Kier alpha value is -3.52. The van der Waals surface area contributed by atoms with E-state index in [-0.39, 0.29) is 11.1 Å². The molecule has 0 amide bonds. The summed E-state index contributed by atoms with van der Waals surface area (Å²) in [6, 6.07) is 17.5. The van der Waals surface area contributed by atoms with Crippen molar-refractivity contribution in [3.8, 4) is 11.5 Å². The lowest BCUT2D eigenvalue weighted by atomic mass is 9.88. The van der Waals surface area contributed by atoms with Crippen molar-refractivity contribution >= 4 is 5.97 Å². The third-order valence-corrected chi connectivity index (χ3v) is 5.52. The van der Waals surface area contributed by atoms with Gasteiger partial charge < -0.3 is 19.3 Å². The molecule has 0 aliphatic rings. The minimum absolute atomic E-state index is 0.253. The Morgan fingerprint density at radius 1 is 0.853 bits per heavy atom. The van der Waals surface area contributed by atoms with Gasteiger partial charge in [0.05, 0.1) is 31.5 Å². The molecule has 0 aliphatic carbocycles. The van der Waals surface area contributed by atoms with Crippen LogP contribution < -0.4 is 9.47 Å². The summed E-state index contributed by atoms with van der Waals surface area (Å²) in [7, 11) is 2.98. The molecular weight excluding hydrogens is 449 g/mol. The van der Waals surface area contributed by atoms with Gasteiger partial charge >= 0.3 is 12.1 Å². The molecule has 34 heavy (non-hydrogen) atoms. The van der Waals surface area contributed by atoms with Crippen molar-refractivity contribution in [3.63, 3.8) is 0 Å². The van der Waals surface area contributed by atoms with E-state index < -0.39 is 35.8 Å². The summed E-state index contributed by atoms with van der Waals surface area (Å²) in [4.78, 5) is 13.0. The predicted molar refractivity (Wildman–Crippen MR) is 120 cm³/mol. The predicted octanol–water partition coefficient (Wildman–Crippen LogP) is 5.99. The molecule has 0 spiro atoms. The van der Waals surface area contributed by atoms with E-state index in [0.29, 0.717) is 17.1 Å². The zero-order valence-electron chi connectivity index (χ0n) is 18.9. The minimum Gasteiger partial charge on any atom is -0.497 e. The van der Waals surface area contributed by atoms with Gasteiger partial charge in [0, 0.05) is 5.92 Å². The minimum atomic E-state index is -4.48. The summed E-state index contributed by atoms with van der Waals surface area (Å²) in [6.07, 6.45) is -6.62. The van der Waals surface area contributed by atoms with Crippen molar-refractivity contribution in [2.24, 2.45) is 5.92 Å². The normalized spacial score (nSPS) is 14.1. The van der Waals surface area contributed by atoms with E-state index in [2.05, 4.69) is 0 Å². The van der Waals surface area contributed by atoms with Crippen LogP contribution in [0.3, 0.4) is 0 Å². The molecule has 3 aromatic carbocycles. The van der Waals surface area contributed by atoms with E-state index in [1.165, 1.54) is 32.4 Å². The number of rotatable bonds is 8. The van der Waals surface area contributed by atoms with Crippen LogP contribution in [0.15, 0.2) is 72.8 Å². The molecule has 3 atom stereocenters. The maximum absolute atomic E-state index is 13.0. The second-order valence-corrected chi connectivity index (χ2v) is 7.76. The smallest absolute Gasteiger partial charge is 0.416 e. The van der Waals surface area contributed by atoms with Crippen molar-refractivity contribution in [1.82, 2.24) is 0 Å². The second kappa shape index (κ2) is 10.6. The Kier molecular flexibility index (Phi) is 7.83. The fraction of sp³-hybridized carbons (Fsp3) is 0.269. The van der Waals surface area contributed by atoms with Gasteiger partial charge in [-0.25, -0.2) is 4.79 Å². The van der Waals surface area contributed by atoms with Gasteiger partial charge in [0.15, 0.2) is 0 Å². The first-order valence-electron chi connectivity index (χ1n) is 10.5. The number of carbonyl (C=O) groups excluding carboxylic acids is 1. The van der Waals surface area contributed by atoms with Gasteiger partial charge in [0.1, 0.15) is 17.6 Å². The molecule has 0 fully saturated rings. The van der Waals surface area contributed by atoms with Gasteiger partial charge in [-0.3, -0.25) is 0 Å². The molecule has 3 rings (SSSR count). The molecule has 8 heteroatoms. The third-order valence-electron chi connectivity index (χ3n) is 5.52. The van der Waals surface area contributed by atoms with E-state index in [0.717, 1.165) is 12.1 Å². The van der Waals surface area contributed by atoms with Crippen LogP contribution in [0, 0.1) is 5.92 Å². The van der Waals surface area contributed by atoms with Gasteiger partial charge in [0.2, 0.25) is 0 Å². The van der Waals surface area contributed by atoms with Crippen LogP contribution in [0.2, 0.25) is 0 Å². The van der Waals surface area contributed by atoms with Crippen LogP contribution in [-0.4, -0.2) is 25.3 Å². The number of methoxy groups -OCH3 is 2. The molecule has 0 saturated heterocycles. The molecule has 0 heterocycles. The number of alkyl halides is 3. The Morgan fingerprint density at radius 3 is 2.03 bits per heavy atom. The summed E-state index contributed by atoms with van der Waals surface area (Å²) in [5, 5.41) is 11.0. The van der Waals surface area contributed by atoms with Crippen molar-refractivity contribution < 1.29 is 37.3 Å². The van der Waals surface area contributed by atoms with Crippen LogP contribution in [0.4, 0.5) is 13.2 Å². The molecule has 3 aromatic rings. The largest absolute Gasteiger partial charge is 0.497 e. The van der Waals surface area contributed by atoms with Crippen molar-refractivity contribution in [3.05, 3.63) is 95.1 Å². The number of ether oxygens (including phenoxy) is 3. The monoisotopic (exact) mass is 474 g/mol. The van der Waals surface area contributed by atoms with Crippen LogP contribution in [0.25, 0.3) is 0 Å². The fourth-order valence-corrected chi connectivity index (χ4v) is 3.57. The first-order chi connectivity index (χ1) is 16.1. The molecule has 0 bridgehead atoms. The third kappa shape index (κ3) is 5.88. The quantitative estimate of drug-likeness (QED) is 0.406. The molecule has 1 N–H and O–H groups in total. The molecule has 0 aliphatic heterocycles. The summed E-state index contributed by atoms with van der Waals surface area (Å²) in [5.41, 5.74) is 0.272. The van der Waals surface area contributed by atoms with E-state index in [4.69, 9.17) is 14.2 Å². The first-order valence-corrected chi connectivity index (χ1v) is 10.5. The van der Waals surface area contributed by atoms with E-state index in [9.17, 15) is 23.1 Å². The van der Waals surface area contributed by atoms with Crippen molar-refractivity contribution in [1.29, 1.82) is 0 Å². The molecular formula is C26H25F3O5. The van der Waals surface area contributed by atoms with Gasteiger partial charge in [-0.2, -0.15) is 13.2 Å². The summed E-state index contributed by atoms with van der Waals surface area (Å²) >= 11 is 0. The number of aliphatic hydroxyl groups is 1. The molecule has 0 aromatic heterocycles. The van der Waals surface area contributed by atoms with Gasteiger partial charge in [-0.15, -0.1) is 0 Å². The standard InChI is InChI=1S/C26H25F3O5/c1-16(23(30)17-10-12-20(13-11-17)26(27,28)29)24(18-6-4-8-21(14-18)32-2)34-25(31)19-7-5-9-22(15-19)33-3/h4-16,23-24,30H,1-3H3/t16-,23-,24-/m0/s1. The average Bonchev–Trinajstić information content (AvgIpc) is 2.85. The first kappa shape index (κ1) is 25.1. The van der Waals surface area contributed by atoms with E-state index in [1.807, 2.05) is 0 Å². The van der Waals surface area contributed by atoms with E-state index in [1.54, 1.807) is 49.4 Å². The SMILES string of the molecule is COc1cccc(C(=O)O[C@H](c2cccc(OC)c2)[C@@H](C)[C@H](O)c2ccc(C(F)(F)F)cc2)c1. The molecule has 0 saturated carbocycles. The maximum Gasteiger partial charge on any atom is 0.416 e. The Labute approximate surface area is 195 Å². The number of halogens is 3. The summed E-state index contributed by atoms with van der Waals surface area (Å²) < 4.78 is 55.0. The molecule has 5 nitrogen and oxygen atoms in total. The molecule has 0 unspecified atom stereocenters. The Balaban J connectivity index is 1.92. The van der Waals surface area contributed by atoms with Gasteiger partial charge in [-0.1, -0.05) is 37.3 Å². The fourth-order valence-electron chi connectivity index (χ4n) is 3.57. The maximum atomic E-state index is 13.0.